The molecule has 0 spiro atoms. The van der Waals surface area contributed by atoms with E-state index in [1.54, 1.807) is 11.0 Å². The molecule has 0 radical (unpaired) electrons. The summed E-state index contributed by atoms with van der Waals surface area (Å²) in [6.45, 7) is 3.80. The number of amides is 1. The molecule has 0 aliphatic carbocycles. The molecular weight excluding hydrogens is 366 g/mol. The molecule has 26 heavy (non-hydrogen) atoms. The van der Waals surface area contributed by atoms with Crippen LogP contribution in [0.1, 0.15) is 17.2 Å². The van der Waals surface area contributed by atoms with Gasteiger partial charge in [-0.3, -0.25) is 9.69 Å². The molecule has 130 valence electrons. The molecule has 1 fully saturated rings. The van der Waals surface area contributed by atoms with Crippen molar-refractivity contribution in [3.8, 4) is 0 Å². The van der Waals surface area contributed by atoms with Gasteiger partial charge in [0.2, 0.25) is 5.13 Å². The first-order valence-electron chi connectivity index (χ1n) is 7.96. The highest BCUT2D eigenvalue weighted by Gasteiger charge is 2.35. The maximum absolute atomic E-state index is 13.0. The second-order valence-corrected chi connectivity index (χ2v) is 7.55. The van der Waals surface area contributed by atoms with Crippen LogP contribution in [0.4, 0.5) is 10.8 Å². The zero-order chi connectivity index (χ0) is 18.1. The Bertz CT molecular complexity index is 1020. The lowest BCUT2D eigenvalue weighted by molar-refractivity contribution is -0.113. The van der Waals surface area contributed by atoms with Crippen molar-refractivity contribution in [1.82, 2.24) is 4.98 Å². The lowest BCUT2D eigenvalue weighted by atomic mass is 10.3. The Morgan fingerprint density at radius 3 is 2.62 bits per heavy atom. The highest BCUT2D eigenvalue weighted by molar-refractivity contribution is 8.19. The van der Waals surface area contributed by atoms with Gasteiger partial charge in [0.05, 0.1) is 16.3 Å². The summed E-state index contributed by atoms with van der Waals surface area (Å²) in [6.07, 6.45) is 1.76. The minimum atomic E-state index is -0.123. The number of furan rings is 1. The van der Waals surface area contributed by atoms with Crippen LogP contribution in [0, 0.1) is 13.8 Å². The van der Waals surface area contributed by atoms with E-state index < -0.39 is 0 Å². The first-order chi connectivity index (χ1) is 12.6. The highest BCUT2D eigenvalue weighted by atomic mass is 32.2. The van der Waals surface area contributed by atoms with Crippen LogP contribution >= 0.6 is 23.1 Å². The van der Waals surface area contributed by atoms with Crippen molar-refractivity contribution in [2.45, 2.75) is 13.8 Å². The molecule has 0 bridgehead atoms. The molecule has 0 atom stereocenters. The number of para-hydroxylation sites is 1. The number of benzene rings is 1. The molecule has 0 unspecified atom stereocenters. The van der Waals surface area contributed by atoms with Crippen molar-refractivity contribution in [2.24, 2.45) is 4.99 Å². The zero-order valence-corrected chi connectivity index (χ0v) is 15.8. The summed E-state index contributed by atoms with van der Waals surface area (Å²) in [4.78, 5) is 24.2. The predicted molar refractivity (Wildman–Crippen MR) is 107 cm³/mol. The number of carbonyl (C=O) groups excluding carboxylic acids is 1. The number of nitrogens with zero attached hydrogens (tertiary/aromatic N) is 3. The summed E-state index contributed by atoms with van der Waals surface area (Å²) in [5.74, 6) is 1.33. The standard InChI is InChI=1S/C19H15N3O2S2/c1-12-11-25-18(20-12)21-19-22(14-6-4-3-5-7-14)17(23)16(26-19)10-15-9-8-13(2)24-15/h3-11H,1-2H3/b16-10+,21-19+. The Balaban J connectivity index is 1.76. The maximum Gasteiger partial charge on any atom is 0.271 e. The Morgan fingerprint density at radius 2 is 1.96 bits per heavy atom. The van der Waals surface area contributed by atoms with Gasteiger partial charge in [-0.25, -0.2) is 4.98 Å². The van der Waals surface area contributed by atoms with E-state index in [0.29, 0.717) is 21.0 Å². The highest BCUT2D eigenvalue weighted by Crippen LogP contribution is 2.37. The molecule has 5 nitrogen and oxygen atoms in total. The SMILES string of the molecule is Cc1csc(/N=C2/S/C(=C/c3ccc(C)o3)C(=O)N2c2ccccc2)n1. The predicted octanol–water partition coefficient (Wildman–Crippen LogP) is 5.16. The van der Waals surface area contributed by atoms with Gasteiger partial charge in [-0.2, -0.15) is 4.99 Å². The molecule has 3 aromatic rings. The van der Waals surface area contributed by atoms with Gasteiger partial charge in [0.25, 0.3) is 5.91 Å². The van der Waals surface area contributed by atoms with E-state index in [1.807, 2.05) is 61.7 Å². The van der Waals surface area contributed by atoms with Gasteiger partial charge >= 0.3 is 0 Å². The van der Waals surface area contributed by atoms with Crippen molar-refractivity contribution in [3.63, 3.8) is 0 Å². The number of aryl methyl sites for hydroxylation is 2. The Labute approximate surface area is 159 Å². The van der Waals surface area contributed by atoms with Gasteiger partial charge in [-0.15, -0.1) is 11.3 Å². The van der Waals surface area contributed by atoms with Gasteiger partial charge in [-0.05, 0) is 49.9 Å². The normalized spacial score (nSPS) is 17.6. The number of aliphatic imine (C=N–C) groups is 1. The summed E-state index contributed by atoms with van der Waals surface area (Å²) in [5, 5.41) is 3.16. The summed E-state index contributed by atoms with van der Waals surface area (Å²) >= 11 is 2.78. The molecule has 0 N–H and O–H groups in total. The van der Waals surface area contributed by atoms with E-state index in [9.17, 15) is 4.79 Å². The molecule has 1 aliphatic heterocycles. The van der Waals surface area contributed by atoms with E-state index in [4.69, 9.17) is 4.42 Å². The summed E-state index contributed by atoms with van der Waals surface area (Å²) in [6, 6.07) is 13.2. The average molecular weight is 381 g/mol. The first kappa shape index (κ1) is 16.8. The van der Waals surface area contributed by atoms with Crippen LogP contribution in [0.5, 0.6) is 0 Å². The van der Waals surface area contributed by atoms with Gasteiger partial charge < -0.3 is 4.42 Å². The Morgan fingerprint density at radius 1 is 1.15 bits per heavy atom. The molecule has 1 aliphatic rings. The van der Waals surface area contributed by atoms with Crippen LogP contribution in [-0.2, 0) is 4.79 Å². The molecule has 1 saturated heterocycles. The van der Waals surface area contributed by atoms with E-state index in [-0.39, 0.29) is 5.91 Å². The van der Waals surface area contributed by atoms with Crippen molar-refractivity contribution in [1.29, 1.82) is 0 Å². The number of aromatic nitrogens is 1. The average Bonchev–Trinajstić information content (AvgIpc) is 3.30. The molecule has 0 saturated carbocycles. The van der Waals surface area contributed by atoms with E-state index in [2.05, 4.69) is 9.98 Å². The van der Waals surface area contributed by atoms with Crippen molar-refractivity contribution >= 4 is 51.1 Å². The minimum absolute atomic E-state index is 0.123. The second kappa shape index (κ2) is 6.93. The Hall–Kier alpha value is -2.64. The number of rotatable bonds is 3. The zero-order valence-electron chi connectivity index (χ0n) is 14.2. The Kier molecular flexibility index (Phi) is 4.48. The summed E-state index contributed by atoms with van der Waals surface area (Å²) in [7, 11) is 0. The van der Waals surface area contributed by atoms with Gasteiger partial charge in [0.15, 0.2) is 5.17 Å². The van der Waals surface area contributed by atoms with Crippen molar-refractivity contribution in [3.05, 3.63) is 70.0 Å². The third kappa shape index (κ3) is 3.36. The molecule has 4 rings (SSSR count). The fourth-order valence-electron chi connectivity index (χ4n) is 2.49. The molecule has 7 heteroatoms. The largest absolute Gasteiger partial charge is 0.462 e. The lowest BCUT2D eigenvalue weighted by Gasteiger charge is -2.14. The van der Waals surface area contributed by atoms with Crippen LogP contribution in [-0.4, -0.2) is 16.1 Å². The maximum atomic E-state index is 13.0. The first-order valence-corrected chi connectivity index (χ1v) is 9.66. The van der Waals surface area contributed by atoms with Crippen molar-refractivity contribution < 1.29 is 9.21 Å². The minimum Gasteiger partial charge on any atom is -0.462 e. The summed E-state index contributed by atoms with van der Waals surface area (Å²) < 4.78 is 5.58. The number of anilines is 1. The van der Waals surface area contributed by atoms with Crippen molar-refractivity contribution in [2.75, 3.05) is 4.90 Å². The second-order valence-electron chi connectivity index (χ2n) is 5.70. The van der Waals surface area contributed by atoms with E-state index >= 15 is 0 Å². The molecule has 1 amide bonds. The van der Waals surface area contributed by atoms with E-state index in [0.717, 1.165) is 17.1 Å². The topological polar surface area (TPSA) is 58.7 Å². The van der Waals surface area contributed by atoms with Gasteiger partial charge in [0.1, 0.15) is 11.5 Å². The molecule has 3 heterocycles. The molecule has 2 aromatic heterocycles. The number of hydrogen-bond donors (Lipinski definition) is 0. The van der Waals surface area contributed by atoms with Crippen LogP contribution < -0.4 is 4.90 Å². The van der Waals surface area contributed by atoms with Crippen LogP contribution in [0.25, 0.3) is 6.08 Å². The quantitative estimate of drug-likeness (QED) is 0.588. The van der Waals surface area contributed by atoms with Gasteiger partial charge in [-0.1, -0.05) is 18.2 Å². The number of carbonyl (C=O) groups is 1. The number of hydrogen-bond acceptors (Lipinski definition) is 6. The fourth-order valence-corrected chi connectivity index (χ4v) is 4.17. The smallest absolute Gasteiger partial charge is 0.271 e. The van der Waals surface area contributed by atoms with Gasteiger partial charge in [0, 0.05) is 11.5 Å². The van der Waals surface area contributed by atoms with Crippen LogP contribution in [0.2, 0.25) is 0 Å². The number of thiazole rings is 1. The van der Waals surface area contributed by atoms with E-state index in [1.165, 1.54) is 23.1 Å². The lowest BCUT2D eigenvalue weighted by Crippen LogP contribution is -2.28. The third-order valence-electron chi connectivity index (χ3n) is 3.65. The number of thioether (sulfide) groups is 1. The van der Waals surface area contributed by atoms with Crippen LogP contribution in [0.15, 0.2) is 62.2 Å². The van der Waals surface area contributed by atoms with Crippen LogP contribution in [0.3, 0.4) is 0 Å². The monoisotopic (exact) mass is 381 g/mol. The fraction of sp³-hybridized carbons (Fsp3) is 0.105. The third-order valence-corrected chi connectivity index (χ3v) is 5.47. The molecule has 1 aromatic carbocycles. The number of amidine groups is 1. The summed E-state index contributed by atoms with van der Waals surface area (Å²) in [5.41, 5.74) is 1.69. The molecular formula is C19H15N3O2S2.